The third-order valence-corrected chi connectivity index (χ3v) is 14.8. The molecule has 0 amide bonds. The quantitative estimate of drug-likeness (QED) is 0.0751. The van der Waals surface area contributed by atoms with Crippen LogP contribution in [0.25, 0.3) is 0 Å². The maximum Gasteiger partial charge on any atom is 0.307 e. The van der Waals surface area contributed by atoms with E-state index in [0.717, 1.165) is 103 Å². The van der Waals surface area contributed by atoms with Crippen molar-refractivity contribution in [2.45, 2.75) is 220 Å². The van der Waals surface area contributed by atoms with Gasteiger partial charge in [-0.05, 0) is 159 Å². The molecule has 8 rings (SSSR count). The van der Waals surface area contributed by atoms with Crippen molar-refractivity contribution in [3.63, 3.8) is 0 Å². The number of nitrogens with zero attached hydrogens (tertiary/aromatic N) is 6. The normalized spacial score (nSPS) is 20.8. The molecule has 0 aliphatic heterocycles. The molecule has 2 aromatic carbocycles. The number of rotatable bonds is 22. The predicted molar refractivity (Wildman–Crippen MR) is 273 cm³/mol. The van der Waals surface area contributed by atoms with Crippen LogP contribution < -0.4 is 0 Å². The molecule has 2 unspecified atom stereocenters. The number of carbonyl (C=O) groups excluding carboxylic acids is 3. The van der Waals surface area contributed by atoms with Crippen LogP contribution in [0.15, 0.2) is 36.4 Å². The minimum Gasteiger partial charge on any atom is -0.481 e. The summed E-state index contributed by atoms with van der Waals surface area (Å²) in [6.45, 7) is 22.9. The number of ketones is 2. The Kier molecular flexibility index (Phi) is 17.1. The van der Waals surface area contributed by atoms with Crippen LogP contribution >= 0.6 is 0 Å². The van der Waals surface area contributed by atoms with Crippen LogP contribution in [0.1, 0.15) is 231 Å². The first-order valence-corrected chi connectivity index (χ1v) is 26.6. The van der Waals surface area contributed by atoms with Gasteiger partial charge in [0.25, 0.3) is 0 Å². The summed E-state index contributed by atoms with van der Waals surface area (Å²) in [5.41, 5.74) is 6.06. The molecule has 2 heterocycles. The molecular formula is C58H82N6O6. The first-order valence-electron chi connectivity index (χ1n) is 26.6. The lowest BCUT2D eigenvalue weighted by Gasteiger charge is -2.36. The largest absolute Gasteiger partial charge is 0.481 e. The molecule has 4 aliphatic carbocycles. The molecule has 0 spiro atoms. The average molecular weight is 959 g/mol. The van der Waals surface area contributed by atoms with Gasteiger partial charge in [0.15, 0.2) is 0 Å². The lowest BCUT2D eigenvalue weighted by atomic mass is 9.71. The Hall–Kier alpha value is -5.00. The number of carbonyl (C=O) groups is 4. The van der Waals surface area contributed by atoms with Gasteiger partial charge in [0.1, 0.15) is 40.5 Å². The van der Waals surface area contributed by atoms with Gasteiger partial charge in [0.2, 0.25) is 0 Å². The Morgan fingerprint density at radius 3 is 1.36 bits per heavy atom. The molecular weight excluding hydrogens is 877 g/mol. The Morgan fingerprint density at radius 1 is 0.614 bits per heavy atom. The van der Waals surface area contributed by atoms with E-state index in [0.29, 0.717) is 54.4 Å². The van der Waals surface area contributed by atoms with Crippen molar-refractivity contribution >= 4 is 23.5 Å². The monoisotopic (exact) mass is 959 g/mol. The predicted octanol–water partition coefficient (Wildman–Crippen LogP) is 12.3. The van der Waals surface area contributed by atoms with Gasteiger partial charge in [0, 0.05) is 61.4 Å². The highest BCUT2D eigenvalue weighted by atomic mass is 16.6. The van der Waals surface area contributed by atoms with Crippen LogP contribution in [0, 0.1) is 51.4 Å². The van der Waals surface area contributed by atoms with Crippen molar-refractivity contribution in [3.05, 3.63) is 93.1 Å². The number of carboxylic acid groups (broad SMARTS) is 1. The third-order valence-electron chi connectivity index (χ3n) is 14.8. The summed E-state index contributed by atoms with van der Waals surface area (Å²) < 4.78 is 10.2. The van der Waals surface area contributed by atoms with Gasteiger partial charge >= 0.3 is 11.9 Å². The van der Waals surface area contributed by atoms with E-state index >= 15 is 0 Å². The Labute approximate surface area is 417 Å². The minimum atomic E-state index is -0.896. The zero-order chi connectivity index (χ0) is 50.6. The smallest absolute Gasteiger partial charge is 0.307 e. The molecule has 1 N–H and O–H groups in total. The van der Waals surface area contributed by atoms with E-state index in [9.17, 15) is 24.3 Å². The second-order valence-corrected chi connectivity index (χ2v) is 23.8. The second kappa shape index (κ2) is 22.6. The Morgan fingerprint density at radius 2 is 1.01 bits per heavy atom. The number of esters is 1. The maximum atomic E-state index is 13.3. The standard InChI is InChI=1S/C31H45N3O3.C27H37N3O3/c1-19(2)12-22-14-24(15-22)29-32-33-30(34(29)26-10-11-26)25(18-28(36)37-31(5,6)7)17-27(35)16-23-9-8-20(3)13-21(23)4;1-16(2)9-19-11-21(12-19)26-28-29-27(30(26)23-7-8-23)22(15-25(32)33)14-24(31)13-20-6-5-17(3)10-18(20)4/h8-9,13,19,22,24-26H,10-12,14-18H2,1-7H3;5-6,10,16,19,21-23H,7-9,11-15H2,1-4H3,(H,32,33). The molecule has 4 fully saturated rings. The summed E-state index contributed by atoms with van der Waals surface area (Å²) in [6, 6.07) is 13.1. The van der Waals surface area contributed by atoms with Crippen molar-refractivity contribution < 1.29 is 29.0 Å². The summed E-state index contributed by atoms with van der Waals surface area (Å²) in [7, 11) is 0. The minimum absolute atomic E-state index is 0.0562. The van der Waals surface area contributed by atoms with Crippen LogP contribution in [0.5, 0.6) is 0 Å². The summed E-state index contributed by atoms with van der Waals surface area (Å²) in [4.78, 5) is 51.0. The van der Waals surface area contributed by atoms with Gasteiger partial charge in [-0.1, -0.05) is 75.2 Å². The SMILES string of the molecule is Cc1ccc(CC(=O)CC(CC(=O)O)c2nnc(C3CC(CC(C)C)C3)n2C2CC2)c(C)c1.Cc1ccc(CC(=O)CC(CC(=O)OC(C)(C)C)c2nnc(C3CC(CC(C)C)C3)n2C2CC2)c(C)c1. The number of aromatic nitrogens is 6. The number of aliphatic carboxylic acids is 1. The second-order valence-electron chi connectivity index (χ2n) is 23.8. The fraction of sp³-hybridized carbons (Fsp3) is 0.655. The number of hydrogen-bond acceptors (Lipinski definition) is 9. The van der Waals surface area contributed by atoms with E-state index < -0.39 is 17.5 Å². The van der Waals surface area contributed by atoms with Gasteiger partial charge in [-0.25, -0.2) is 0 Å². The summed E-state index contributed by atoms with van der Waals surface area (Å²) in [5.74, 6) is 5.57. The molecule has 2 atom stereocenters. The zero-order valence-electron chi connectivity index (χ0n) is 44.2. The molecule has 0 saturated heterocycles. The van der Waals surface area contributed by atoms with Gasteiger partial charge in [-0.2, -0.15) is 0 Å². The first-order chi connectivity index (χ1) is 33.1. The lowest BCUT2D eigenvalue weighted by Crippen LogP contribution is -2.28. The molecule has 2 aromatic heterocycles. The van der Waals surface area contributed by atoms with Crippen LogP contribution in [0.2, 0.25) is 0 Å². The fourth-order valence-corrected chi connectivity index (χ4v) is 11.3. The van der Waals surface area contributed by atoms with E-state index in [1.807, 2.05) is 52.8 Å². The number of hydrogen-bond donors (Lipinski definition) is 1. The fourth-order valence-electron chi connectivity index (χ4n) is 11.3. The summed E-state index contributed by atoms with van der Waals surface area (Å²) >= 11 is 0. The van der Waals surface area contributed by atoms with Crippen molar-refractivity contribution in [1.29, 1.82) is 0 Å². The average Bonchev–Trinajstić information content (AvgIpc) is 4.16. The number of Topliss-reactive ketones (excluding diaryl/α,β-unsaturated/α-hetero) is 2. The summed E-state index contributed by atoms with van der Waals surface area (Å²) in [6.07, 6.45) is 12.7. The van der Waals surface area contributed by atoms with Crippen LogP contribution in [0.4, 0.5) is 0 Å². The molecule has 380 valence electrons. The highest BCUT2D eigenvalue weighted by Crippen LogP contribution is 2.49. The topological polar surface area (TPSA) is 159 Å². The van der Waals surface area contributed by atoms with Crippen molar-refractivity contribution in [1.82, 2.24) is 29.5 Å². The van der Waals surface area contributed by atoms with Crippen molar-refractivity contribution in [2.75, 3.05) is 0 Å². The molecule has 70 heavy (non-hydrogen) atoms. The van der Waals surface area contributed by atoms with E-state index in [4.69, 9.17) is 4.74 Å². The highest BCUT2D eigenvalue weighted by molar-refractivity contribution is 5.83. The molecule has 4 saturated carbocycles. The number of aryl methyl sites for hydroxylation is 4. The Balaban J connectivity index is 0.000000208. The van der Waals surface area contributed by atoms with Crippen LogP contribution in [-0.4, -0.2) is 63.7 Å². The van der Waals surface area contributed by atoms with Gasteiger partial charge in [-0.3, -0.25) is 19.2 Å². The molecule has 0 bridgehead atoms. The molecule has 12 nitrogen and oxygen atoms in total. The highest BCUT2D eigenvalue weighted by Gasteiger charge is 2.42. The first kappa shape index (κ1) is 52.8. The van der Waals surface area contributed by atoms with E-state index in [1.165, 1.54) is 24.0 Å². The lowest BCUT2D eigenvalue weighted by molar-refractivity contribution is -0.155. The molecule has 4 aromatic rings. The zero-order valence-corrected chi connectivity index (χ0v) is 44.2. The third kappa shape index (κ3) is 14.3. The molecule has 12 heteroatoms. The Bertz CT molecular complexity index is 2470. The summed E-state index contributed by atoms with van der Waals surface area (Å²) in [5, 5.41) is 28.0. The van der Waals surface area contributed by atoms with Crippen LogP contribution in [-0.2, 0) is 36.8 Å². The van der Waals surface area contributed by atoms with Gasteiger partial charge in [0.05, 0.1) is 12.8 Å². The van der Waals surface area contributed by atoms with E-state index in [-0.39, 0.29) is 49.1 Å². The maximum absolute atomic E-state index is 13.3. The van der Waals surface area contributed by atoms with E-state index in [2.05, 4.69) is 89.3 Å². The molecule has 4 aliphatic rings. The van der Waals surface area contributed by atoms with Crippen molar-refractivity contribution in [2.24, 2.45) is 23.7 Å². The van der Waals surface area contributed by atoms with E-state index in [1.54, 1.807) is 0 Å². The molecule has 0 radical (unpaired) electrons. The van der Waals surface area contributed by atoms with Gasteiger partial charge < -0.3 is 19.0 Å². The van der Waals surface area contributed by atoms with Crippen LogP contribution in [0.3, 0.4) is 0 Å². The van der Waals surface area contributed by atoms with Gasteiger partial charge in [-0.15, -0.1) is 20.4 Å². The van der Waals surface area contributed by atoms with Crippen molar-refractivity contribution in [3.8, 4) is 0 Å². The number of benzene rings is 2. The number of ether oxygens (including phenoxy) is 1. The number of carboxylic acids is 1.